The molecular weight excluding hydrogens is 536 g/mol. The van der Waals surface area contributed by atoms with E-state index in [9.17, 15) is 34.2 Å². The van der Waals surface area contributed by atoms with E-state index in [2.05, 4.69) is 5.32 Å². The van der Waals surface area contributed by atoms with Crippen molar-refractivity contribution in [2.45, 2.75) is 25.3 Å². The summed E-state index contributed by atoms with van der Waals surface area (Å²) >= 11 is 0. The van der Waals surface area contributed by atoms with Crippen molar-refractivity contribution in [3.05, 3.63) is 113 Å². The molecule has 42 heavy (non-hydrogen) atoms. The SMILES string of the molecule is O=C(CN1C(=O)c2cccc3cccc(c23)C1=O)NC(Cc1ccc(O)cc1)C(=O)CC(Cc1ccccc1)C(=O)O. The van der Waals surface area contributed by atoms with E-state index in [4.69, 9.17) is 0 Å². The van der Waals surface area contributed by atoms with Crippen LogP contribution in [-0.4, -0.2) is 57.2 Å². The Kier molecular flexibility index (Phi) is 8.10. The third kappa shape index (κ3) is 6.05. The number of aliphatic carboxylic acids is 1. The number of ketones is 1. The van der Waals surface area contributed by atoms with Crippen LogP contribution >= 0.6 is 0 Å². The van der Waals surface area contributed by atoms with Crippen molar-refractivity contribution in [3.8, 4) is 5.75 Å². The largest absolute Gasteiger partial charge is 0.508 e. The first-order chi connectivity index (χ1) is 20.2. The molecule has 2 atom stereocenters. The zero-order valence-corrected chi connectivity index (χ0v) is 22.5. The maximum absolute atomic E-state index is 13.5. The summed E-state index contributed by atoms with van der Waals surface area (Å²) in [6, 6.07) is 24.1. The molecule has 3 N–H and O–H groups in total. The predicted octanol–water partition coefficient (Wildman–Crippen LogP) is 3.77. The number of benzene rings is 4. The van der Waals surface area contributed by atoms with Crippen LogP contribution in [0, 0.1) is 5.92 Å². The van der Waals surface area contributed by atoms with Crippen LogP contribution in [0.5, 0.6) is 5.75 Å². The number of carboxylic acid groups (broad SMARTS) is 1. The molecule has 0 saturated carbocycles. The summed E-state index contributed by atoms with van der Waals surface area (Å²) in [6.45, 7) is -0.617. The Morgan fingerprint density at radius 2 is 1.33 bits per heavy atom. The summed E-state index contributed by atoms with van der Waals surface area (Å²) < 4.78 is 0. The second-order valence-electron chi connectivity index (χ2n) is 10.3. The van der Waals surface area contributed by atoms with Gasteiger partial charge in [-0.15, -0.1) is 0 Å². The topological polar surface area (TPSA) is 141 Å². The zero-order chi connectivity index (χ0) is 29.8. The van der Waals surface area contributed by atoms with Crippen molar-refractivity contribution in [2.75, 3.05) is 6.54 Å². The van der Waals surface area contributed by atoms with E-state index in [0.717, 1.165) is 15.8 Å². The molecule has 5 rings (SSSR count). The number of aromatic hydroxyl groups is 1. The fourth-order valence-electron chi connectivity index (χ4n) is 5.25. The fraction of sp³-hybridized carbons (Fsp3) is 0.182. The van der Waals surface area contributed by atoms with Crippen LogP contribution < -0.4 is 5.32 Å². The minimum absolute atomic E-state index is 0.0204. The molecule has 212 valence electrons. The first-order valence-electron chi connectivity index (χ1n) is 13.5. The Morgan fingerprint density at radius 1 is 0.738 bits per heavy atom. The number of amides is 3. The van der Waals surface area contributed by atoms with E-state index in [1.54, 1.807) is 72.8 Å². The monoisotopic (exact) mass is 564 g/mol. The van der Waals surface area contributed by atoms with E-state index in [-0.39, 0.29) is 25.0 Å². The van der Waals surface area contributed by atoms with Gasteiger partial charge in [0.2, 0.25) is 5.91 Å². The van der Waals surface area contributed by atoms with Crippen molar-refractivity contribution in [1.82, 2.24) is 10.2 Å². The molecule has 0 spiro atoms. The Balaban J connectivity index is 1.35. The van der Waals surface area contributed by atoms with Gasteiger partial charge in [-0.25, -0.2) is 0 Å². The Bertz CT molecular complexity index is 1630. The van der Waals surface area contributed by atoms with E-state index < -0.39 is 48.0 Å². The minimum atomic E-state index is -1.14. The van der Waals surface area contributed by atoms with Crippen LogP contribution in [0.1, 0.15) is 38.3 Å². The number of Topliss-reactive ketones (excluding diaryl/α,β-unsaturated/α-hetero) is 1. The summed E-state index contributed by atoms with van der Waals surface area (Å²) in [5, 5.41) is 23.4. The van der Waals surface area contributed by atoms with Crippen LogP contribution in [-0.2, 0) is 27.2 Å². The lowest BCUT2D eigenvalue weighted by Crippen LogP contribution is -2.50. The maximum Gasteiger partial charge on any atom is 0.307 e. The van der Waals surface area contributed by atoms with Gasteiger partial charge in [-0.1, -0.05) is 66.7 Å². The molecular formula is C33H28N2O7. The van der Waals surface area contributed by atoms with Crippen molar-refractivity contribution >= 4 is 40.2 Å². The van der Waals surface area contributed by atoms with Gasteiger partial charge in [0.25, 0.3) is 11.8 Å². The second kappa shape index (κ2) is 12.1. The standard InChI is InChI=1S/C33H28N2O7/c36-24-14-12-21(13-15-24)17-27(28(37)18-23(33(41)42)16-20-6-2-1-3-7-20)34-29(38)19-35-31(39)25-10-4-8-22-9-5-11-26(30(22)25)32(35)40/h1-15,23,27,36H,16-19H2,(H,34,38)(H,41,42). The van der Waals surface area contributed by atoms with Crippen molar-refractivity contribution in [3.63, 3.8) is 0 Å². The summed E-state index contributed by atoms with van der Waals surface area (Å²) in [5.74, 6) is -4.62. The van der Waals surface area contributed by atoms with Gasteiger partial charge in [0.1, 0.15) is 12.3 Å². The average molecular weight is 565 g/mol. The summed E-state index contributed by atoms with van der Waals surface area (Å²) in [7, 11) is 0. The highest BCUT2D eigenvalue weighted by molar-refractivity contribution is 6.26. The van der Waals surface area contributed by atoms with E-state index in [0.29, 0.717) is 22.1 Å². The number of phenols is 1. The van der Waals surface area contributed by atoms with Crippen molar-refractivity contribution in [2.24, 2.45) is 5.92 Å². The molecule has 9 heteroatoms. The van der Waals surface area contributed by atoms with Crippen LogP contribution in [0.15, 0.2) is 91.0 Å². The number of nitrogens with one attached hydrogen (secondary N) is 1. The predicted molar refractivity (Wildman–Crippen MR) is 154 cm³/mol. The summed E-state index contributed by atoms with van der Waals surface area (Å²) in [4.78, 5) is 66.2. The van der Waals surface area contributed by atoms with Gasteiger partial charge in [0, 0.05) is 22.9 Å². The second-order valence-corrected chi connectivity index (χ2v) is 10.3. The van der Waals surface area contributed by atoms with Gasteiger partial charge in [-0.2, -0.15) is 0 Å². The molecule has 0 saturated heterocycles. The van der Waals surface area contributed by atoms with Gasteiger partial charge in [0.15, 0.2) is 5.78 Å². The number of carbonyl (C=O) groups excluding carboxylic acids is 4. The number of phenolic OH excluding ortho intramolecular Hbond substituents is 1. The van der Waals surface area contributed by atoms with Gasteiger partial charge in [-0.3, -0.25) is 28.9 Å². The average Bonchev–Trinajstić information content (AvgIpc) is 2.98. The first-order valence-corrected chi connectivity index (χ1v) is 13.5. The third-order valence-corrected chi connectivity index (χ3v) is 7.38. The van der Waals surface area contributed by atoms with E-state index in [1.165, 1.54) is 12.1 Å². The molecule has 1 aliphatic rings. The molecule has 9 nitrogen and oxygen atoms in total. The molecule has 0 aliphatic carbocycles. The van der Waals surface area contributed by atoms with Crippen LogP contribution in [0.25, 0.3) is 10.8 Å². The normalized spacial score (nSPS) is 14.0. The molecule has 4 aromatic rings. The highest BCUT2D eigenvalue weighted by Crippen LogP contribution is 2.29. The summed E-state index contributed by atoms with van der Waals surface area (Å²) in [5.41, 5.74) is 1.98. The van der Waals surface area contributed by atoms with E-state index >= 15 is 0 Å². The Morgan fingerprint density at radius 3 is 1.93 bits per heavy atom. The minimum Gasteiger partial charge on any atom is -0.508 e. The molecule has 1 heterocycles. The molecule has 3 amide bonds. The lowest BCUT2D eigenvalue weighted by Gasteiger charge is -2.27. The van der Waals surface area contributed by atoms with Gasteiger partial charge in [-0.05, 0) is 53.6 Å². The summed E-state index contributed by atoms with van der Waals surface area (Å²) in [6.07, 6.45) is -0.194. The molecule has 0 aromatic heterocycles. The van der Waals surface area contributed by atoms with Gasteiger partial charge >= 0.3 is 5.97 Å². The van der Waals surface area contributed by atoms with Crippen LogP contribution in [0.3, 0.4) is 0 Å². The quantitative estimate of drug-likeness (QED) is 0.236. The maximum atomic E-state index is 13.5. The smallest absolute Gasteiger partial charge is 0.307 e. The Labute approximate surface area is 241 Å². The van der Waals surface area contributed by atoms with E-state index in [1.807, 2.05) is 6.07 Å². The number of carboxylic acids is 1. The third-order valence-electron chi connectivity index (χ3n) is 7.38. The number of nitrogens with zero attached hydrogens (tertiary/aromatic N) is 1. The first kappa shape index (κ1) is 28.2. The zero-order valence-electron chi connectivity index (χ0n) is 22.5. The van der Waals surface area contributed by atoms with Gasteiger partial charge in [0.05, 0.1) is 12.0 Å². The lowest BCUT2D eigenvalue weighted by molar-refractivity contribution is -0.144. The number of rotatable bonds is 11. The molecule has 2 unspecified atom stereocenters. The number of carbonyl (C=O) groups is 5. The highest BCUT2D eigenvalue weighted by atomic mass is 16.4. The van der Waals surface area contributed by atoms with Crippen LogP contribution in [0.4, 0.5) is 0 Å². The van der Waals surface area contributed by atoms with Crippen molar-refractivity contribution in [1.29, 1.82) is 0 Å². The molecule has 1 aliphatic heterocycles. The van der Waals surface area contributed by atoms with Crippen LogP contribution in [0.2, 0.25) is 0 Å². The highest BCUT2D eigenvalue weighted by Gasteiger charge is 2.35. The molecule has 0 bridgehead atoms. The lowest BCUT2D eigenvalue weighted by atomic mass is 9.90. The number of imide groups is 1. The fourth-order valence-corrected chi connectivity index (χ4v) is 5.25. The number of hydrogen-bond acceptors (Lipinski definition) is 6. The molecule has 0 radical (unpaired) electrons. The van der Waals surface area contributed by atoms with Gasteiger partial charge < -0.3 is 15.5 Å². The number of hydrogen-bond donors (Lipinski definition) is 3. The van der Waals surface area contributed by atoms with Crippen molar-refractivity contribution < 1.29 is 34.2 Å². The molecule has 0 fully saturated rings. The molecule has 4 aromatic carbocycles. The Hall–Kier alpha value is -5.31.